The van der Waals surface area contributed by atoms with Gasteiger partial charge in [0.2, 0.25) is 5.91 Å². The molecule has 3 aromatic rings. The van der Waals surface area contributed by atoms with Crippen LogP contribution in [0.15, 0.2) is 60.9 Å². The third-order valence-electron chi connectivity index (χ3n) is 3.70. The quantitative estimate of drug-likeness (QED) is 0.658. The van der Waals surface area contributed by atoms with E-state index < -0.39 is 0 Å². The highest BCUT2D eigenvalue weighted by atomic mass is 35.5. The van der Waals surface area contributed by atoms with Crippen LogP contribution in [0.5, 0.6) is 0 Å². The summed E-state index contributed by atoms with van der Waals surface area (Å²) in [5.74, 6) is -0.488. The summed E-state index contributed by atoms with van der Waals surface area (Å²) < 4.78 is 1.54. The van der Waals surface area contributed by atoms with E-state index >= 15 is 0 Å². The minimum Gasteiger partial charge on any atom is -0.348 e. The smallest absolute Gasteiger partial charge is 0.253 e. The van der Waals surface area contributed by atoms with Crippen LogP contribution >= 0.6 is 23.2 Å². The average Bonchev–Trinajstić information content (AvgIpc) is 3.13. The standard InChI is InChI=1S/C19H16Cl2N4O2/c20-14-5-6-16(17(21)10-14)19(27)22-11-13-3-1-4-15(9-13)24-18(26)12-25-8-2-7-23-25/h1-10H,11-12H2,(H,22,27)(H,24,26). The largest absolute Gasteiger partial charge is 0.348 e. The van der Waals surface area contributed by atoms with Gasteiger partial charge in [-0.1, -0.05) is 35.3 Å². The van der Waals surface area contributed by atoms with Crippen LogP contribution in [0, 0.1) is 0 Å². The van der Waals surface area contributed by atoms with E-state index in [9.17, 15) is 9.59 Å². The minimum atomic E-state index is -0.301. The molecule has 0 fully saturated rings. The Bertz CT molecular complexity index is 958. The predicted octanol–water partition coefficient (Wildman–Crippen LogP) is 3.76. The Hall–Kier alpha value is -2.83. The normalized spacial score (nSPS) is 10.4. The lowest BCUT2D eigenvalue weighted by Crippen LogP contribution is -2.23. The summed E-state index contributed by atoms with van der Waals surface area (Å²) in [7, 11) is 0. The second-order valence-electron chi connectivity index (χ2n) is 5.76. The zero-order valence-electron chi connectivity index (χ0n) is 14.2. The first-order valence-electron chi connectivity index (χ1n) is 8.11. The van der Waals surface area contributed by atoms with E-state index in [1.165, 1.54) is 10.7 Å². The van der Waals surface area contributed by atoms with Gasteiger partial charge < -0.3 is 10.6 Å². The number of anilines is 1. The summed E-state index contributed by atoms with van der Waals surface area (Å²) in [6, 6.07) is 13.7. The summed E-state index contributed by atoms with van der Waals surface area (Å²) >= 11 is 11.9. The summed E-state index contributed by atoms with van der Waals surface area (Å²) in [6.07, 6.45) is 3.33. The van der Waals surface area contributed by atoms with E-state index in [0.717, 1.165) is 5.56 Å². The van der Waals surface area contributed by atoms with Crippen molar-refractivity contribution < 1.29 is 9.59 Å². The highest BCUT2D eigenvalue weighted by molar-refractivity contribution is 6.36. The molecule has 2 amide bonds. The monoisotopic (exact) mass is 402 g/mol. The van der Waals surface area contributed by atoms with E-state index in [1.54, 1.807) is 48.8 Å². The Kier molecular flexibility index (Phi) is 6.11. The molecule has 0 aliphatic rings. The molecule has 0 bridgehead atoms. The van der Waals surface area contributed by atoms with Crippen molar-refractivity contribution in [2.45, 2.75) is 13.1 Å². The molecule has 1 aromatic heterocycles. The average molecular weight is 403 g/mol. The van der Waals surface area contributed by atoms with Crippen LogP contribution in [0.2, 0.25) is 10.0 Å². The first-order valence-corrected chi connectivity index (χ1v) is 8.86. The number of carbonyl (C=O) groups excluding carboxylic acids is 2. The number of rotatable bonds is 6. The molecule has 2 N–H and O–H groups in total. The van der Waals surface area contributed by atoms with E-state index in [1.807, 2.05) is 6.07 Å². The number of hydrogen-bond acceptors (Lipinski definition) is 3. The highest BCUT2D eigenvalue weighted by Crippen LogP contribution is 2.21. The van der Waals surface area contributed by atoms with Crippen molar-refractivity contribution in [2.24, 2.45) is 0 Å². The molecule has 1 heterocycles. The van der Waals surface area contributed by atoms with Crippen LogP contribution < -0.4 is 10.6 Å². The number of benzene rings is 2. The van der Waals surface area contributed by atoms with Gasteiger partial charge in [0.15, 0.2) is 0 Å². The van der Waals surface area contributed by atoms with Crippen molar-refractivity contribution in [3.05, 3.63) is 82.1 Å². The van der Waals surface area contributed by atoms with Crippen LogP contribution in [-0.2, 0) is 17.9 Å². The van der Waals surface area contributed by atoms with Gasteiger partial charge in [-0.15, -0.1) is 0 Å². The maximum atomic E-state index is 12.3. The van der Waals surface area contributed by atoms with Gasteiger partial charge in [-0.25, -0.2) is 0 Å². The number of nitrogens with zero attached hydrogens (tertiary/aromatic N) is 2. The van der Waals surface area contributed by atoms with Crippen LogP contribution in [-0.4, -0.2) is 21.6 Å². The number of aromatic nitrogens is 2. The van der Waals surface area contributed by atoms with Gasteiger partial charge in [0.25, 0.3) is 5.91 Å². The summed E-state index contributed by atoms with van der Waals surface area (Å²) in [4.78, 5) is 24.3. The summed E-state index contributed by atoms with van der Waals surface area (Å²) in [5, 5.41) is 10.4. The first-order chi connectivity index (χ1) is 13.0. The molecule has 27 heavy (non-hydrogen) atoms. The zero-order valence-corrected chi connectivity index (χ0v) is 15.7. The fourth-order valence-corrected chi connectivity index (χ4v) is 2.95. The summed E-state index contributed by atoms with van der Waals surface area (Å²) in [6.45, 7) is 0.420. The van der Waals surface area contributed by atoms with E-state index in [2.05, 4.69) is 15.7 Å². The molecular weight excluding hydrogens is 387 g/mol. The molecule has 138 valence electrons. The number of amides is 2. The second-order valence-corrected chi connectivity index (χ2v) is 6.60. The van der Waals surface area contributed by atoms with Gasteiger partial charge in [0.05, 0.1) is 10.6 Å². The minimum absolute atomic E-state index is 0.128. The molecule has 3 rings (SSSR count). The lowest BCUT2D eigenvalue weighted by atomic mass is 10.1. The third-order valence-corrected chi connectivity index (χ3v) is 4.25. The molecule has 0 saturated carbocycles. The van der Waals surface area contributed by atoms with Crippen molar-refractivity contribution in [2.75, 3.05) is 5.32 Å². The van der Waals surface area contributed by atoms with Crippen molar-refractivity contribution in [1.29, 1.82) is 0 Å². The maximum absolute atomic E-state index is 12.3. The fraction of sp³-hybridized carbons (Fsp3) is 0.105. The Morgan fingerprint density at radius 1 is 1.07 bits per heavy atom. The van der Waals surface area contributed by atoms with Gasteiger partial charge in [0.1, 0.15) is 6.54 Å². The Labute approximate surface area is 166 Å². The van der Waals surface area contributed by atoms with Gasteiger partial charge in [-0.2, -0.15) is 5.10 Å². The second kappa shape index (κ2) is 8.70. The number of halogens is 2. The van der Waals surface area contributed by atoms with Crippen LogP contribution in [0.25, 0.3) is 0 Å². The van der Waals surface area contributed by atoms with Crippen molar-refractivity contribution in [3.63, 3.8) is 0 Å². The SMILES string of the molecule is O=C(Cn1cccn1)Nc1cccc(CNC(=O)c2ccc(Cl)cc2Cl)c1. The van der Waals surface area contributed by atoms with Crippen LogP contribution in [0.1, 0.15) is 15.9 Å². The molecule has 0 radical (unpaired) electrons. The number of nitrogens with one attached hydrogen (secondary N) is 2. The molecular formula is C19H16Cl2N4O2. The molecule has 0 aliphatic carbocycles. The molecule has 0 saturated heterocycles. The topological polar surface area (TPSA) is 76.0 Å². The Balaban J connectivity index is 1.58. The summed E-state index contributed by atoms with van der Waals surface area (Å²) in [5.41, 5.74) is 1.83. The molecule has 0 unspecified atom stereocenters. The van der Waals surface area contributed by atoms with Crippen LogP contribution in [0.3, 0.4) is 0 Å². The Morgan fingerprint density at radius 3 is 2.67 bits per heavy atom. The van der Waals surface area contributed by atoms with Gasteiger partial charge in [-0.05, 0) is 42.0 Å². The van der Waals surface area contributed by atoms with Gasteiger partial charge in [-0.3, -0.25) is 14.3 Å². The molecule has 0 aliphatic heterocycles. The lowest BCUT2D eigenvalue weighted by molar-refractivity contribution is -0.116. The van der Waals surface area contributed by atoms with Gasteiger partial charge >= 0.3 is 0 Å². The van der Waals surface area contributed by atoms with E-state index in [-0.39, 0.29) is 18.4 Å². The molecule has 0 atom stereocenters. The zero-order chi connectivity index (χ0) is 19.2. The Morgan fingerprint density at radius 2 is 1.93 bits per heavy atom. The predicted molar refractivity (Wildman–Crippen MR) is 105 cm³/mol. The molecule has 0 spiro atoms. The first kappa shape index (κ1) is 18.9. The fourth-order valence-electron chi connectivity index (χ4n) is 2.45. The number of carbonyl (C=O) groups is 2. The van der Waals surface area contributed by atoms with E-state index in [0.29, 0.717) is 27.8 Å². The van der Waals surface area contributed by atoms with Gasteiger partial charge in [0, 0.05) is 29.6 Å². The lowest BCUT2D eigenvalue weighted by Gasteiger charge is -2.10. The molecule has 2 aromatic carbocycles. The van der Waals surface area contributed by atoms with Crippen molar-refractivity contribution in [3.8, 4) is 0 Å². The molecule has 8 heteroatoms. The van der Waals surface area contributed by atoms with Crippen molar-refractivity contribution in [1.82, 2.24) is 15.1 Å². The highest BCUT2D eigenvalue weighted by Gasteiger charge is 2.11. The third kappa shape index (κ3) is 5.32. The maximum Gasteiger partial charge on any atom is 0.253 e. The van der Waals surface area contributed by atoms with E-state index in [4.69, 9.17) is 23.2 Å². The van der Waals surface area contributed by atoms with Crippen molar-refractivity contribution >= 4 is 40.7 Å². The molecule has 6 nitrogen and oxygen atoms in total. The van der Waals surface area contributed by atoms with Crippen LogP contribution in [0.4, 0.5) is 5.69 Å². The number of hydrogen-bond donors (Lipinski definition) is 2.